The van der Waals surface area contributed by atoms with Gasteiger partial charge in [-0.15, -0.1) is 5.10 Å². The van der Waals surface area contributed by atoms with Crippen molar-refractivity contribution in [2.75, 3.05) is 0 Å². The highest BCUT2D eigenvalue weighted by Crippen LogP contribution is 2.18. The van der Waals surface area contributed by atoms with E-state index in [9.17, 15) is 0 Å². The molecule has 0 bridgehead atoms. The van der Waals surface area contributed by atoms with Crippen LogP contribution in [-0.4, -0.2) is 20.6 Å². The lowest BCUT2D eigenvalue weighted by molar-refractivity contribution is 0.513. The van der Waals surface area contributed by atoms with Crippen molar-refractivity contribution in [1.29, 1.82) is 0 Å². The number of nitrogens with one attached hydrogen (secondary N) is 1. The second kappa shape index (κ2) is 4.74. The third-order valence-corrected chi connectivity index (χ3v) is 3.74. The first-order valence-corrected chi connectivity index (χ1v) is 6.85. The molecule has 0 aromatic carbocycles. The molecule has 0 atom stereocenters. The number of hydrogen-bond donors (Lipinski definition) is 1. The van der Waals surface area contributed by atoms with E-state index in [1.165, 1.54) is 25.7 Å². The zero-order chi connectivity index (χ0) is 11.7. The van der Waals surface area contributed by atoms with Crippen molar-refractivity contribution in [2.45, 2.75) is 38.3 Å². The van der Waals surface area contributed by atoms with Gasteiger partial charge in [0.2, 0.25) is 0 Å². The highest BCUT2D eigenvalue weighted by molar-refractivity contribution is 9.10. The van der Waals surface area contributed by atoms with Crippen molar-refractivity contribution in [3.05, 3.63) is 28.6 Å². The van der Waals surface area contributed by atoms with E-state index < -0.39 is 0 Å². The largest absolute Gasteiger partial charge is 0.307 e. The fraction of sp³-hybridized carbons (Fsp3) is 0.500. The van der Waals surface area contributed by atoms with Crippen LogP contribution >= 0.6 is 15.9 Å². The van der Waals surface area contributed by atoms with Gasteiger partial charge in [-0.1, -0.05) is 28.8 Å². The van der Waals surface area contributed by atoms with Crippen molar-refractivity contribution < 1.29 is 0 Å². The van der Waals surface area contributed by atoms with Gasteiger partial charge in [0.05, 0.1) is 6.54 Å². The number of aromatic nitrogens is 3. The Morgan fingerprint density at radius 2 is 2.24 bits per heavy atom. The summed E-state index contributed by atoms with van der Waals surface area (Å²) in [4.78, 5) is 4.49. The molecule has 0 saturated heterocycles. The zero-order valence-electron chi connectivity index (χ0n) is 9.56. The molecule has 90 valence electrons. The predicted molar refractivity (Wildman–Crippen MR) is 69.8 cm³/mol. The van der Waals surface area contributed by atoms with Crippen LogP contribution in [-0.2, 0) is 6.54 Å². The monoisotopic (exact) mass is 294 g/mol. The van der Waals surface area contributed by atoms with Gasteiger partial charge in [-0.3, -0.25) is 0 Å². The van der Waals surface area contributed by atoms with E-state index in [1.807, 2.05) is 22.8 Å². The van der Waals surface area contributed by atoms with E-state index in [2.05, 4.69) is 31.3 Å². The first kappa shape index (κ1) is 11.2. The van der Waals surface area contributed by atoms with Crippen LogP contribution in [0.1, 0.15) is 31.5 Å². The minimum absolute atomic E-state index is 0.661. The van der Waals surface area contributed by atoms with Gasteiger partial charge in [0.25, 0.3) is 0 Å². The Balaban J connectivity index is 1.72. The van der Waals surface area contributed by atoms with Crippen LogP contribution in [0.3, 0.4) is 0 Å². The van der Waals surface area contributed by atoms with E-state index in [-0.39, 0.29) is 0 Å². The van der Waals surface area contributed by atoms with Crippen LogP contribution in [0.15, 0.2) is 22.8 Å². The van der Waals surface area contributed by atoms with Crippen molar-refractivity contribution in [3.63, 3.8) is 0 Å². The minimum Gasteiger partial charge on any atom is -0.307 e. The average molecular weight is 295 g/mol. The molecule has 4 nitrogen and oxygen atoms in total. The number of hydrogen-bond acceptors (Lipinski definition) is 3. The summed E-state index contributed by atoms with van der Waals surface area (Å²) in [6.45, 7) is 0.768. The van der Waals surface area contributed by atoms with Gasteiger partial charge >= 0.3 is 0 Å². The third-order valence-electron chi connectivity index (χ3n) is 3.25. The van der Waals surface area contributed by atoms with Crippen molar-refractivity contribution in [2.24, 2.45) is 0 Å². The maximum atomic E-state index is 4.49. The fourth-order valence-corrected chi connectivity index (χ4v) is 2.67. The highest BCUT2D eigenvalue weighted by Gasteiger charge is 2.14. The van der Waals surface area contributed by atoms with Crippen LogP contribution in [0, 0.1) is 0 Å². The van der Waals surface area contributed by atoms with Crippen molar-refractivity contribution in [1.82, 2.24) is 19.9 Å². The maximum absolute atomic E-state index is 4.49. The Morgan fingerprint density at radius 1 is 1.41 bits per heavy atom. The number of nitrogens with zero attached hydrogens (tertiary/aromatic N) is 3. The topological polar surface area (TPSA) is 42.2 Å². The van der Waals surface area contributed by atoms with Gasteiger partial charge in [0, 0.05) is 16.7 Å². The van der Waals surface area contributed by atoms with Gasteiger partial charge in [0.1, 0.15) is 0 Å². The zero-order valence-corrected chi connectivity index (χ0v) is 11.2. The van der Waals surface area contributed by atoms with Crippen molar-refractivity contribution in [3.8, 4) is 0 Å². The molecule has 1 N–H and O–H groups in total. The molecule has 0 aliphatic heterocycles. The lowest BCUT2D eigenvalue weighted by Gasteiger charge is -2.08. The summed E-state index contributed by atoms with van der Waals surface area (Å²) in [5, 5.41) is 7.96. The number of halogens is 1. The lowest BCUT2D eigenvalue weighted by Crippen LogP contribution is -2.25. The summed E-state index contributed by atoms with van der Waals surface area (Å²) in [6, 6.07) is 4.61. The summed E-state index contributed by atoms with van der Waals surface area (Å²) in [6.07, 6.45) is 7.20. The molecule has 0 amide bonds. The molecular formula is C12H15BrN4. The summed E-state index contributed by atoms with van der Waals surface area (Å²) < 4.78 is 2.85. The Bertz CT molecular complexity index is 516. The molecule has 1 aliphatic rings. The summed E-state index contributed by atoms with van der Waals surface area (Å²) >= 11 is 3.44. The van der Waals surface area contributed by atoms with E-state index in [0.717, 1.165) is 22.5 Å². The Morgan fingerprint density at radius 3 is 3.06 bits per heavy atom. The molecule has 0 radical (unpaired) electrons. The molecule has 1 aliphatic carbocycles. The predicted octanol–water partition coefficient (Wildman–Crippen LogP) is 2.52. The number of fused-ring (bicyclic) bond motifs is 1. The van der Waals surface area contributed by atoms with Crippen LogP contribution in [0.4, 0.5) is 0 Å². The van der Waals surface area contributed by atoms with E-state index in [0.29, 0.717) is 6.04 Å². The maximum Gasteiger partial charge on any atom is 0.165 e. The van der Waals surface area contributed by atoms with Crippen LogP contribution in [0.2, 0.25) is 0 Å². The Hall–Kier alpha value is -0.940. The van der Waals surface area contributed by atoms with Gasteiger partial charge in [-0.25, -0.2) is 9.50 Å². The minimum atomic E-state index is 0.661. The third kappa shape index (κ3) is 2.50. The highest BCUT2D eigenvalue weighted by atomic mass is 79.9. The van der Waals surface area contributed by atoms with Crippen molar-refractivity contribution >= 4 is 21.6 Å². The molecule has 0 spiro atoms. The second-order valence-corrected chi connectivity index (χ2v) is 5.45. The second-order valence-electron chi connectivity index (χ2n) is 4.54. The summed E-state index contributed by atoms with van der Waals surface area (Å²) in [5.41, 5.74) is 0.891. The average Bonchev–Trinajstić information content (AvgIpc) is 2.94. The molecule has 5 heteroatoms. The van der Waals surface area contributed by atoms with Gasteiger partial charge < -0.3 is 5.32 Å². The van der Waals surface area contributed by atoms with E-state index in [1.54, 1.807) is 0 Å². The summed E-state index contributed by atoms with van der Waals surface area (Å²) in [7, 11) is 0. The Kier molecular flexibility index (Phi) is 3.11. The van der Waals surface area contributed by atoms with E-state index >= 15 is 0 Å². The molecule has 2 heterocycles. The van der Waals surface area contributed by atoms with Gasteiger partial charge in [0.15, 0.2) is 11.5 Å². The van der Waals surface area contributed by atoms with Gasteiger partial charge in [-0.2, -0.15) is 0 Å². The van der Waals surface area contributed by atoms with Crippen LogP contribution in [0.5, 0.6) is 0 Å². The standard InChI is InChI=1S/C12H15BrN4/c13-9-5-6-17-12(7-9)15-11(16-17)8-14-10-3-1-2-4-10/h5-7,10,14H,1-4,8H2. The molecule has 0 unspecified atom stereocenters. The molecular weight excluding hydrogens is 280 g/mol. The molecule has 2 aromatic rings. The quantitative estimate of drug-likeness (QED) is 0.946. The molecule has 17 heavy (non-hydrogen) atoms. The molecule has 2 aromatic heterocycles. The molecule has 1 saturated carbocycles. The molecule has 3 rings (SSSR count). The normalized spacial score (nSPS) is 17.0. The van der Waals surface area contributed by atoms with Crippen LogP contribution < -0.4 is 5.32 Å². The first-order chi connectivity index (χ1) is 8.31. The lowest BCUT2D eigenvalue weighted by atomic mass is 10.2. The smallest absolute Gasteiger partial charge is 0.165 e. The fourth-order valence-electron chi connectivity index (χ4n) is 2.34. The first-order valence-electron chi connectivity index (χ1n) is 6.05. The molecule has 1 fully saturated rings. The van der Waals surface area contributed by atoms with Crippen LogP contribution in [0.25, 0.3) is 5.65 Å². The van der Waals surface area contributed by atoms with Gasteiger partial charge in [-0.05, 0) is 25.0 Å². The summed E-state index contributed by atoms with van der Waals surface area (Å²) in [5.74, 6) is 0.870. The number of rotatable bonds is 3. The SMILES string of the molecule is Brc1ccn2nc(CNC3CCCC3)nc2c1. The Labute approximate surface area is 109 Å². The number of pyridine rings is 1. The van der Waals surface area contributed by atoms with E-state index in [4.69, 9.17) is 0 Å².